The number of amides is 1. The lowest BCUT2D eigenvalue weighted by atomic mass is 10.1. The number of H-pyrrole nitrogens is 1. The van der Waals surface area contributed by atoms with Gasteiger partial charge in [0.25, 0.3) is 0 Å². The molecule has 1 aromatic heterocycles. The van der Waals surface area contributed by atoms with E-state index in [9.17, 15) is 4.79 Å². The van der Waals surface area contributed by atoms with Crippen LogP contribution < -0.4 is 11.1 Å². The number of nitrogens with zero attached hydrogens (tertiary/aromatic N) is 2. The van der Waals surface area contributed by atoms with E-state index >= 15 is 0 Å². The molecule has 0 saturated heterocycles. The first-order chi connectivity index (χ1) is 10.2. The Labute approximate surface area is 123 Å². The molecule has 1 unspecified atom stereocenters. The number of aromatic nitrogens is 3. The van der Waals surface area contributed by atoms with Crippen molar-refractivity contribution in [2.45, 2.75) is 25.7 Å². The van der Waals surface area contributed by atoms with Crippen molar-refractivity contribution in [3.8, 4) is 11.4 Å². The molecule has 1 aliphatic rings. The van der Waals surface area contributed by atoms with E-state index < -0.39 is 0 Å². The smallest absolute Gasteiger partial charge is 0.228 e. The quantitative estimate of drug-likeness (QED) is 0.781. The minimum absolute atomic E-state index is 0.0702. The Bertz CT molecular complexity index is 630. The van der Waals surface area contributed by atoms with Gasteiger partial charge in [-0.1, -0.05) is 6.92 Å². The fourth-order valence-corrected chi connectivity index (χ4v) is 2.02. The number of nitrogens with two attached hydrogens (primary N) is 1. The maximum absolute atomic E-state index is 11.8. The highest BCUT2D eigenvalue weighted by Crippen LogP contribution is 2.38. The molecule has 21 heavy (non-hydrogen) atoms. The summed E-state index contributed by atoms with van der Waals surface area (Å²) < 4.78 is 0. The summed E-state index contributed by atoms with van der Waals surface area (Å²) in [4.78, 5) is 16.3. The molecule has 1 heterocycles. The highest BCUT2D eigenvalue weighted by atomic mass is 16.1. The number of carbonyl (C=O) groups is 1. The second kappa shape index (κ2) is 5.65. The van der Waals surface area contributed by atoms with Crippen LogP contribution in [0.4, 0.5) is 5.69 Å². The molecule has 1 aliphatic carbocycles. The van der Waals surface area contributed by atoms with Gasteiger partial charge >= 0.3 is 0 Å². The topological polar surface area (TPSA) is 96.7 Å². The van der Waals surface area contributed by atoms with Gasteiger partial charge in [0.1, 0.15) is 5.82 Å². The summed E-state index contributed by atoms with van der Waals surface area (Å²) in [6.07, 6.45) is 2.39. The number of aromatic amines is 1. The standard InChI is InChI=1S/C15H19N5O/c1-9(8-16)15(21)17-12-6-4-11(5-7-12)14-18-13(19-20-14)10-2-3-10/h4-7,9-10H,2-3,8,16H2,1H3,(H,17,21)(H,18,19,20). The summed E-state index contributed by atoms with van der Waals surface area (Å²) in [6, 6.07) is 7.51. The van der Waals surface area contributed by atoms with Crippen molar-refractivity contribution in [2.24, 2.45) is 11.7 Å². The van der Waals surface area contributed by atoms with Crippen molar-refractivity contribution >= 4 is 11.6 Å². The Morgan fingerprint density at radius 2 is 2.14 bits per heavy atom. The van der Waals surface area contributed by atoms with Crippen LogP contribution in [0.25, 0.3) is 11.4 Å². The van der Waals surface area contributed by atoms with Crippen LogP contribution in [-0.4, -0.2) is 27.6 Å². The van der Waals surface area contributed by atoms with Gasteiger partial charge in [0.15, 0.2) is 5.82 Å². The summed E-state index contributed by atoms with van der Waals surface area (Å²) >= 11 is 0. The molecule has 2 aromatic rings. The lowest BCUT2D eigenvalue weighted by Crippen LogP contribution is -2.26. The molecule has 6 heteroatoms. The molecule has 4 N–H and O–H groups in total. The number of hydrogen-bond acceptors (Lipinski definition) is 4. The molecule has 6 nitrogen and oxygen atoms in total. The minimum atomic E-state index is -0.196. The predicted molar refractivity (Wildman–Crippen MR) is 80.6 cm³/mol. The van der Waals surface area contributed by atoms with E-state index in [0.29, 0.717) is 18.3 Å². The van der Waals surface area contributed by atoms with Crippen molar-refractivity contribution in [3.05, 3.63) is 30.1 Å². The molecule has 1 fully saturated rings. The summed E-state index contributed by atoms with van der Waals surface area (Å²) in [6.45, 7) is 2.14. The molecule has 3 rings (SSSR count). The van der Waals surface area contributed by atoms with E-state index in [-0.39, 0.29) is 11.8 Å². The van der Waals surface area contributed by atoms with Crippen molar-refractivity contribution in [1.82, 2.24) is 15.2 Å². The summed E-state index contributed by atoms with van der Waals surface area (Å²) in [5, 5.41) is 10.1. The van der Waals surface area contributed by atoms with Gasteiger partial charge in [-0.15, -0.1) is 0 Å². The van der Waals surface area contributed by atoms with Gasteiger partial charge in [0.2, 0.25) is 5.91 Å². The third kappa shape index (κ3) is 3.11. The zero-order valence-electron chi connectivity index (χ0n) is 12.0. The highest BCUT2D eigenvalue weighted by Gasteiger charge is 2.27. The summed E-state index contributed by atoms with van der Waals surface area (Å²) in [5.74, 6) is 1.96. The number of benzene rings is 1. The minimum Gasteiger partial charge on any atom is -0.330 e. The molecule has 0 radical (unpaired) electrons. The number of carbonyl (C=O) groups excluding carboxylic acids is 1. The predicted octanol–water partition coefficient (Wildman–Crippen LogP) is 1.88. The van der Waals surface area contributed by atoms with Crippen LogP contribution in [0.2, 0.25) is 0 Å². The van der Waals surface area contributed by atoms with Gasteiger partial charge < -0.3 is 11.1 Å². The van der Waals surface area contributed by atoms with Crippen LogP contribution in [0.3, 0.4) is 0 Å². The zero-order valence-corrected chi connectivity index (χ0v) is 12.0. The Hall–Kier alpha value is -2.21. The Morgan fingerprint density at radius 1 is 1.43 bits per heavy atom. The Balaban J connectivity index is 1.69. The number of nitrogens with one attached hydrogen (secondary N) is 2. The molecule has 1 aromatic carbocycles. The highest BCUT2D eigenvalue weighted by molar-refractivity contribution is 5.92. The number of hydrogen-bond donors (Lipinski definition) is 3. The summed E-state index contributed by atoms with van der Waals surface area (Å²) in [5.41, 5.74) is 7.16. The third-order valence-corrected chi connectivity index (χ3v) is 3.68. The monoisotopic (exact) mass is 285 g/mol. The van der Waals surface area contributed by atoms with Crippen molar-refractivity contribution < 1.29 is 4.79 Å². The largest absolute Gasteiger partial charge is 0.330 e. The molecule has 0 spiro atoms. The van der Waals surface area contributed by atoms with E-state index in [4.69, 9.17) is 5.73 Å². The van der Waals surface area contributed by atoms with Crippen molar-refractivity contribution in [1.29, 1.82) is 0 Å². The van der Waals surface area contributed by atoms with E-state index in [2.05, 4.69) is 20.5 Å². The van der Waals surface area contributed by atoms with Crippen LogP contribution in [0.1, 0.15) is 31.5 Å². The van der Waals surface area contributed by atoms with E-state index in [1.54, 1.807) is 6.92 Å². The molecular weight excluding hydrogens is 266 g/mol. The maximum atomic E-state index is 11.8. The van der Waals surface area contributed by atoms with Gasteiger partial charge in [0.05, 0.1) is 0 Å². The van der Waals surface area contributed by atoms with Gasteiger partial charge in [-0.3, -0.25) is 9.89 Å². The Morgan fingerprint density at radius 3 is 2.76 bits per heavy atom. The first kappa shape index (κ1) is 13.8. The molecule has 1 amide bonds. The van der Waals surface area contributed by atoms with Crippen molar-refractivity contribution in [2.75, 3.05) is 11.9 Å². The molecule has 110 valence electrons. The maximum Gasteiger partial charge on any atom is 0.228 e. The fourth-order valence-electron chi connectivity index (χ4n) is 2.02. The average Bonchev–Trinajstić information content (AvgIpc) is 3.25. The number of anilines is 1. The van der Waals surface area contributed by atoms with Crippen LogP contribution in [0.5, 0.6) is 0 Å². The fraction of sp³-hybridized carbons (Fsp3) is 0.400. The Kier molecular flexibility index (Phi) is 3.70. The van der Waals surface area contributed by atoms with E-state index in [0.717, 1.165) is 17.1 Å². The van der Waals surface area contributed by atoms with Gasteiger partial charge in [-0.2, -0.15) is 5.10 Å². The molecule has 1 saturated carbocycles. The first-order valence-corrected chi connectivity index (χ1v) is 7.21. The second-order valence-corrected chi connectivity index (χ2v) is 5.52. The zero-order chi connectivity index (χ0) is 14.8. The van der Waals surface area contributed by atoms with Crippen LogP contribution in [0, 0.1) is 5.92 Å². The molecule has 0 aliphatic heterocycles. The summed E-state index contributed by atoms with van der Waals surface area (Å²) in [7, 11) is 0. The van der Waals surface area contributed by atoms with E-state index in [1.165, 1.54) is 12.8 Å². The van der Waals surface area contributed by atoms with Crippen LogP contribution in [0.15, 0.2) is 24.3 Å². The lowest BCUT2D eigenvalue weighted by Gasteiger charge is -2.09. The second-order valence-electron chi connectivity index (χ2n) is 5.52. The van der Waals surface area contributed by atoms with Gasteiger partial charge in [0, 0.05) is 29.6 Å². The molecule has 0 bridgehead atoms. The van der Waals surface area contributed by atoms with Crippen molar-refractivity contribution in [3.63, 3.8) is 0 Å². The SMILES string of the molecule is CC(CN)C(=O)Nc1ccc(-c2n[nH]c(C3CC3)n2)cc1. The van der Waals surface area contributed by atoms with E-state index in [1.807, 2.05) is 24.3 Å². The lowest BCUT2D eigenvalue weighted by molar-refractivity contribution is -0.119. The molecule has 1 atom stereocenters. The normalized spacial score (nSPS) is 15.7. The first-order valence-electron chi connectivity index (χ1n) is 7.21. The third-order valence-electron chi connectivity index (χ3n) is 3.68. The van der Waals surface area contributed by atoms with Crippen LogP contribution in [-0.2, 0) is 4.79 Å². The van der Waals surface area contributed by atoms with Gasteiger partial charge in [-0.05, 0) is 37.1 Å². The molecular formula is C15H19N5O. The van der Waals surface area contributed by atoms with Crippen LogP contribution >= 0.6 is 0 Å². The van der Waals surface area contributed by atoms with Gasteiger partial charge in [-0.25, -0.2) is 4.98 Å². The number of rotatable bonds is 5. The average molecular weight is 285 g/mol.